The maximum atomic E-state index is 14.3. The highest BCUT2D eigenvalue weighted by atomic mass is 19.4. The molecule has 1 saturated heterocycles. The van der Waals surface area contributed by atoms with Crippen LogP contribution in [0.15, 0.2) is 65.6 Å². The summed E-state index contributed by atoms with van der Waals surface area (Å²) in [5, 5.41) is 11.9. The van der Waals surface area contributed by atoms with E-state index in [1.807, 2.05) is 44.2 Å². The second kappa shape index (κ2) is 13.7. The number of carbonyl (C=O) groups is 2. The molecular formula is C39H48BF3N6O5. The number of halogens is 3. The molecule has 54 heavy (non-hydrogen) atoms. The number of hydrogen-bond donors (Lipinski definition) is 4. The van der Waals surface area contributed by atoms with Gasteiger partial charge >= 0.3 is 19.3 Å². The van der Waals surface area contributed by atoms with Crippen molar-refractivity contribution < 1.29 is 32.1 Å². The lowest BCUT2D eigenvalue weighted by Crippen LogP contribution is -2.63. The summed E-state index contributed by atoms with van der Waals surface area (Å²) in [4.78, 5) is 46.6. The van der Waals surface area contributed by atoms with Gasteiger partial charge in [0.2, 0.25) is 5.91 Å². The van der Waals surface area contributed by atoms with E-state index < -0.39 is 59.5 Å². The van der Waals surface area contributed by atoms with E-state index in [1.54, 1.807) is 6.92 Å². The summed E-state index contributed by atoms with van der Waals surface area (Å²) in [5.74, 6) is 0.0772. The zero-order valence-corrected chi connectivity index (χ0v) is 31.4. The highest BCUT2D eigenvalue weighted by Crippen LogP contribution is 2.64. The van der Waals surface area contributed by atoms with Gasteiger partial charge in [-0.15, -0.1) is 0 Å². The van der Waals surface area contributed by atoms with E-state index in [1.165, 1.54) is 22.9 Å². The van der Waals surface area contributed by atoms with Crippen molar-refractivity contribution in [2.24, 2.45) is 17.3 Å². The van der Waals surface area contributed by atoms with E-state index in [0.717, 1.165) is 30.5 Å². The molecule has 3 amide bonds. The fraction of sp³-hybridized carbons (Fsp3) is 0.538. The van der Waals surface area contributed by atoms with Crippen LogP contribution in [0.3, 0.4) is 0 Å². The van der Waals surface area contributed by atoms with Gasteiger partial charge in [-0.25, -0.2) is 9.78 Å². The molecule has 3 heterocycles. The Balaban J connectivity index is 1.14. The highest BCUT2D eigenvalue weighted by molar-refractivity contribution is 6.47. The Kier molecular flexibility index (Phi) is 9.65. The second-order valence-corrected chi connectivity index (χ2v) is 16.4. The Bertz CT molecular complexity index is 1980. The zero-order chi connectivity index (χ0) is 38.8. The molecule has 0 spiro atoms. The lowest BCUT2D eigenvalue weighted by molar-refractivity contribution is -0.185. The van der Waals surface area contributed by atoms with Crippen LogP contribution in [0.5, 0.6) is 0 Å². The summed E-state index contributed by atoms with van der Waals surface area (Å²) in [6.07, 6.45) is -0.854. The summed E-state index contributed by atoms with van der Waals surface area (Å²) in [6.45, 7) is 12.0. The number of nitrogens with zero attached hydrogens (tertiary/aromatic N) is 2. The second-order valence-electron chi connectivity index (χ2n) is 16.4. The Morgan fingerprint density at radius 2 is 1.80 bits per heavy atom. The molecule has 2 aromatic carbocycles. The number of fused-ring (bicyclic) bond motifs is 1. The summed E-state index contributed by atoms with van der Waals surface area (Å²) < 4.78 is 54.6. The molecule has 4 fully saturated rings. The number of anilines is 1. The van der Waals surface area contributed by atoms with Crippen LogP contribution in [0, 0.1) is 17.3 Å². The van der Waals surface area contributed by atoms with Crippen molar-refractivity contribution in [3.63, 3.8) is 0 Å². The van der Waals surface area contributed by atoms with Gasteiger partial charge in [-0.05, 0) is 80.5 Å². The number of hydrogen-bond acceptors (Lipinski definition) is 7. The van der Waals surface area contributed by atoms with Crippen molar-refractivity contribution in [1.29, 1.82) is 0 Å². The summed E-state index contributed by atoms with van der Waals surface area (Å²) in [7, 11) is -0.685. The topological polar surface area (TPSA) is 136 Å². The quantitative estimate of drug-likeness (QED) is 0.180. The molecule has 11 nitrogen and oxygen atoms in total. The van der Waals surface area contributed by atoms with Crippen LogP contribution < -0.4 is 26.8 Å². The van der Waals surface area contributed by atoms with Gasteiger partial charge in [0.15, 0.2) is 0 Å². The molecule has 5 aliphatic rings. The summed E-state index contributed by atoms with van der Waals surface area (Å²) >= 11 is 0. The van der Waals surface area contributed by atoms with E-state index in [9.17, 15) is 27.6 Å². The lowest BCUT2D eigenvalue weighted by Gasteiger charge is -2.63. The lowest BCUT2D eigenvalue weighted by atomic mass is 9.45. The maximum absolute atomic E-state index is 14.3. The standard InChI is InChI=1S/C39H48BF3N6O5/c1-7-30(40-53-31-27-17-26(36(27,3)4)18-38(31,6)54-40)47-32(50)29-19-37(5,48-35(52)46-22(2)24-13-9-8-10-14-24)34-45-21-28(33(51)49(29)34)44-20-23-12-11-15-25(16-23)39(41,42)43/h8-16,21-22,26-27,29-31,44H,7,17-20H2,1-6H3,(H,47,50)(H2,46,48,52)/t22-,26?,27?,29+,30+,31-,37-,38+/m1/s1. The number of carbonyl (C=O) groups excluding carboxylic acids is 2. The minimum atomic E-state index is -4.52. The minimum absolute atomic E-state index is 0.00605. The van der Waals surface area contributed by atoms with Crippen molar-refractivity contribution >= 4 is 24.7 Å². The Morgan fingerprint density at radius 1 is 1.06 bits per heavy atom. The molecule has 4 N–H and O–H groups in total. The van der Waals surface area contributed by atoms with Crippen LogP contribution in [0.4, 0.5) is 23.7 Å². The molecule has 3 saturated carbocycles. The molecule has 15 heteroatoms. The van der Waals surface area contributed by atoms with E-state index in [-0.39, 0.29) is 42.0 Å². The zero-order valence-electron chi connectivity index (χ0n) is 31.4. The van der Waals surface area contributed by atoms with Gasteiger partial charge in [-0.3, -0.25) is 14.2 Å². The van der Waals surface area contributed by atoms with Crippen LogP contribution in [0.1, 0.15) is 102 Å². The number of urea groups is 1. The first kappa shape index (κ1) is 37.9. The van der Waals surface area contributed by atoms with Crippen molar-refractivity contribution in [2.45, 2.75) is 115 Å². The fourth-order valence-corrected chi connectivity index (χ4v) is 9.09. The molecule has 2 bridgehead atoms. The van der Waals surface area contributed by atoms with E-state index in [0.29, 0.717) is 23.8 Å². The molecule has 2 unspecified atom stereocenters. The van der Waals surface area contributed by atoms with Crippen molar-refractivity contribution in [3.05, 3.63) is 93.7 Å². The molecule has 2 aliphatic heterocycles. The Hall–Kier alpha value is -4.37. The number of nitrogens with one attached hydrogen (secondary N) is 4. The number of amides is 3. The van der Waals surface area contributed by atoms with Gasteiger partial charge < -0.3 is 30.6 Å². The van der Waals surface area contributed by atoms with Crippen LogP contribution in [-0.4, -0.2) is 46.3 Å². The minimum Gasteiger partial charge on any atom is -0.404 e. The van der Waals surface area contributed by atoms with Crippen molar-refractivity contribution in [2.75, 3.05) is 5.32 Å². The third kappa shape index (κ3) is 6.78. The first-order valence-electron chi connectivity index (χ1n) is 18.7. The molecule has 3 aromatic rings. The molecule has 8 atom stereocenters. The third-order valence-electron chi connectivity index (χ3n) is 12.4. The first-order valence-corrected chi connectivity index (χ1v) is 18.7. The molecular weight excluding hydrogens is 700 g/mol. The first-order chi connectivity index (χ1) is 25.4. The van der Waals surface area contributed by atoms with Crippen LogP contribution in [0.2, 0.25) is 0 Å². The number of benzene rings is 2. The molecule has 3 aliphatic carbocycles. The van der Waals surface area contributed by atoms with Crippen molar-refractivity contribution in [1.82, 2.24) is 25.5 Å². The Labute approximate surface area is 313 Å². The number of rotatable bonds is 10. The van der Waals surface area contributed by atoms with E-state index >= 15 is 0 Å². The average molecular weight is 749 g/mol. The van der Waals surface area contributed by atoms with Gasteiger partial charge in [0, 0.05) is 13.0 Å². The molecule has 8 rings (SSSR count). The van der Waals surface area contributed by atoms with Crippen LogP contribution in [-0.2, 0) is 32.4 Å². The van der Waals surface area contributed by atoms with Crippen molar-refractivity contribution in [3.8, 4) is 0 Å². The largest absolute Gasteiger partial charge is 0.481 e. The SMILES string of the molecule is CC[C@H](NC(=O)[C@@H]1C[C@@](C)(NC(=O)N[C@H](C)c2ccccc2)c2ncc(NCc3cccc(C(F)(F)F)c3)c(=O)n21)B1O[C@@H]2C3CC(C[C@]2(C)O1)C3(C)C. The Morgan fingerprint density at radius 3 is 2.48 bits per heavy atom. The summed E-state index contributed by atoms with van der Waals surface area (Å²) in [5.41, 5.74) is -1.77. The average Bonchev–Trinajstić information content (AvgIpc) is 3.64. The highest BCUT2D eigenvalue weighted by Gasteiger charge is 2.67. The molecule has 1 aromatic heterocycles. The number of alkyl halides is 3. The van der Waals surface area contributed by atoms with E-state index in [2.05, 4.69) is 47.0 Å². The van der Waals surface area contributed by atoms with Gasteiger partial charge in [0.05, 0.1) is 41.0 Å². The maximum Gasteiger partial charge on any atom is 0.481 e. The smallest absolute Gasteiger partial charge is 0.404 e. The van der Waals surface area contributed by atoms with Crippen LogP contribution in [0.25, 0.3) is 0 Å². The summed E-state index contributed by atoms with van der Waals surface area (Å²) in [6, 6.07) is 12.3. The normalized spacial score (nSPS) is 28.9. The third-order valence-corrected chi connectivity index (χ3v) is 12.4. The van der Waals surface area contributed by atoms with Gasteiger partial charge in [-0.1, -0.05) is 63.2 Å². The van der Waals surface area contributed by atoms with Gasteiger partial charge in [-0.2, -0.15) is 13.2 Å². The van der Waals surface area contributed by atoms with Gasteiger partial charge in [0.1, 0.15) is 17.6 Å². The predicted molar refractivity (Wildman–Crippen MR) is 197 cm³/mol. The fourth-order valence-electron chi connectivity index (χ4n) is 9.09. The molecule has 288 valence electrons. The number of aromatic nitrogens is 2. The van der Waals surface area contributed by atoms with E-state index in [4.69, 9.17) is 9.31 Å². The molecule has 0 radical (unpaired) electrons. The monoisotopic (exact) mass is 748 g/mol. The van der Waals surface area contributed by atoms with Gasteiger partial charge in [0.25, 0.3) is 5.56 Å². The van der Waals surface area contributed by atoms with Crippen LogP contribution >= 0.6 is 0 Å². The predicted octanol–water partition coefficient (Wildman–Crippen LogP) is 6.26.